The first-order valence-corrected chi connectivity index (χ1v) is 10.4. The quantitative estimate of drug-likeness (QED) is 0.634. The smallest absolute Gasteiger partial charge is 0.310 e. The van der Waals surface area contributed by atoms with E-state index in [9.17, 15) is 9.59 Å². The molecule has 2 atom stereocenters. The topological polar surface area (TPSA) is 68.3 Å². The molecule has 0 aliphatic heterocycles. The Bertz CT molecular complexity index is 937. The summed E-state index contributed by atoms with van der Waals surface area (Å²) in [6.07, 6.45) is 3.78. The fraction of sp³-hybridized carbons (Fsp3) is 0.318. The average Bonchev–Trinajstić information content (AvgIpc) is 3.17. The second-order valence-electron chi connectivity index (χ2n) is 7.04. The molecule has 2 aromatic carbocycles. The van der Waals surface area contributed by atoms with Crippen molar-refractivity contribution in [3.8, 4) is 0 Å². The molecule has 1 aliphatic rings. The molecule has 1 aromatic heterocycles. The lowest BCUT2D eigenvalue weighted by Crippen LogP contribution is -2.30. The van der Waals surface area contributed by atoms with Crippen molar-refractivity contribution in [3.63, 3.8) is 0 Å². The molecule has 0 saturated heterocycles. The number of fused-ring (bicyclic) bond motifs is 1. The largest absolute Gasteiger partial charge is 0.455 e. The maximum Gasteiger partial charge on any atom is 0.310 e. The van der Waals surface area contributed by atoms with E-state index in [0.717, 1.165) is 40.9 Å². The average molecular weight is 394 g/mol. The van der Waals surface area contributed by atoms with Crippen LogP contribution in [0.1, 0.15) is 36.6 Å². The summed E-state index contributed by atoms with van der Waals surface area (Å²) in [5, 5.41) is 3.73. The van der Waals surface area contributed by atoms with Crippen LogP contribution in [0.4, 0.5) is 5.69 Å². The Morgan fingerprint density at radius 3 is 2.61 bits per heavy atom. The van der Waals surface area contributed by atoms with Crippen LogP contribution in [-0.4, -0.2) is 23.5 Å². The van der Waals surface area contributed by atoms with Crippen LogP contribution >= 0.6 is 11.3 Å². The van der Waals surface area contributed by atoms with Crippen molar-refractivity contribution in [1.29, 1.82) is 0 Å². The molecule has 1 amide bonds. The molecule has 0 unspecified atom stereocenters. The molecule has 0 radical (unpaired) electrons. The molecule has 1 saturated carbocycles. The van der Waals surface area contributed by atoms with E-state index in [1.807, 2.05) is 36.4 Å². The van der Waals surface area contributed by atoms with Crippen molar-refractivity contribution >= 4 is 39.1 Å². The van der Waals surface area contributed by atoms with Gasteiger partial charge in [-0.2, -0.15) is 0 Å². The number of aromatic nitrogens is 1. The summed E-state index contributed by atoms with van der Waals surface area (Å²) in [4.78, 5) is 29.6. The maximum absolute atomic E-state index is 12.7. The third-order valence-electron chi connectivity index (χ3n) is 5.10. The lowest BCUT2D eigenvalue weighted by Gasteiger charge is -2.28. The van der Waals surface area contributed by atoms with E-state index in [4.69, 9.17) is 9.72 Å². The number of hydrogen-bond donors (Lipinski definition) is 1. The first kappa shape index (κ1) is 18.6. The number of nitrogens with zero attached hydrogens (tertiary/aromatic N) is 1. The van der Waals surface area contributed by atoms with Crippen LogP contribution in [0.25, 0.3) is 10.2 Å². The van der Waals surface area contributed by atoms with E-state index in [0.29, 0.717) is 5.69 Å². The van der Waals surface area contributed by atoms with E-state index in [1.54, 1.807) is 23.5 Å². The van der Waals surface area contributed by atoms with Gasteiger partial charge >= 0.3 is 5.97 Å². The van der Waals surface area contributed by atoms with Crippen LogP contribution in [-0.2, 0) is 14.3 Å². The van der Waals surface area contributed by atoms with Crippen LogP contribution in [0.15, 0.2) is 54.6 Å². The highest BCUT2D eigenvalue weighted by atomic mass is 32.1. The second kappa shape index (κ2) is 8.52. The van der Waals surface area contributed by atoms with Crippen molar-refractivity contribution in [3.05, 3.63) is 59.6 Å². The summed E-state index contributed by atoms with van der Waals surface area (Å²) in [5.41, 5.74) is 1.66. The summed E-state index contributed by atoms with van der Waals surface area (Å²) >= 11 is 1.65. The van der Waals surface area contributed by atoms with E-state index in [1.165, 1.54) is 0 Å². The number of rotatable bonds is 5. The highest BCUT2D eigenvalue weighted by Gasteiger charge is 2.35. The van der Waals surface area contributed by atoms with Crippen molar-refractivity contribution in [2.75, 3.05) is 11.9 Å². The van der Waals surface area contributed by atoms with E-state index in [-0.39, 0.29) is 30.3 Å². The number of anilines is 1. The molecule has 1 fully saturated rings. The van der Waals surface area contributed by atoms with E-state index >= 15 is 0 Å². The fourth-order valence-corrected chi connectivity index (χ4v) is 4.89. The highest BCUT2D eigenvalue weighted by Crippen LogP contribution is 2.41. The number of esters is 1. The van der Waals surface area contributed by atoms with Gasteiger partial charge in [-0.15, -0.1) is 11.3 Å². The van der Waals surface area contributed by atoms with Crippen LogP contribution in [0, 0.1) is 5.92 Å². The molecule has 3 aromatic rings. The van der Waals surface area contributed by atoms with Crippen molar-refractivity contribution in [1.82, 2.24) is 4.98 Å². The Morgan fingerprint density at radius 1 is 1.04 bits per heavy atom. The zero-order valence-corrected chi connectivity index (χ0v) is 16.3. The molecule has 1 heterocycles. The number of thiazole rings is 1. The van der Waals surface area contributed by atoms with Gasteiger partial charge in [-0.1, -0.05) is 43.2 Å². The molecule has 4 rings (SSSR count). The van der Waals surface area contributed by atoms with E-state index in [2.05, 4.69) is 11.4 Å². The Kier molecular flexibility index (Phi) is 5.67. The number of ether oxygens (including phenoxy) is 1. The number of hydrogen-bond acceptors (Lipinski definition) is 5. The molecule has 1 N–H and O–H groups in total. The zero-order valence-electron chi connectivity index (χ0n) is 15.5. The third kappa shape index (κ3) is 4.22. The summed E-state index contributed by atoms with van der Waals surface area (Å²) in [7, 11) is 0. The first-order chi connectivity index (χ1) is 13.7. The van der Waals surface area contributed by atoms with Gasteiger partial charge in [0.25, 0.3) is 5.91 Å². The van der Waals surface area contributed by atoms with Gasteiger partial charge in [-0.05, 0) is 37.1 Å². The maximum atomic E-state index is 12.7. The summed E-state index contributed by atoms with van der Waals surface area (Å²) in [6, 6.07) is 17.2. The second-order valence-corrected chi connectivity index (χ2v) is 8.10. The standard InChI is InChI=1S/C22H22N2O3S/c25-20(23-15-8-2-1-3-9-15)14-27-22(26)17-11-5-4-10-16(17)21-24-18-12-6-7-13-19(18)28-21/h1-3,6-9,12-13,16-17H,4-5,10-11,14H2,(H,23,25)/t16-,17+/m0/s1. The number of amides is 1. The Morgan fingerprint density at radius 2 is 1.79 bits per heavy atom. The number of carbonyl (C=O) groups is 2. The fourth-order valence-electron chi connectivity index (χ4n) is 3.72. The predicted octanol–water partition coefficient (Wildman–Crippen LogP) is 4.75. The van der Waals surface area contributed by atoms with Gasteiger partial charge in [-0.3, -0.25) is 9.59 Å². The molecule has 5 nitrogen and oxygen atoms in total. The molecule has 6 heteroatoms. The van der Waals surface area contributed by atoms with Crippen LogP contribution < -0.4 is 5.32 Å². The summed E-state index contributed by atoms with van der Waals surface area (Å²) < 4.78 is 6.50. The Balaban J connectivity index is 1.40. The molecule has 0 bridgehead atoms. The molecule has 28 heavy (non-hydrogen) atoms. The predicted molar refractivity (Wildman–Crippen MR) is 110 cm³/mol. The van der Waals surface area contributed by atoms with Gasteiger partial charge in [0.2, 0.25) is 0 Å². The van der Waals surface area contributed by atoms with Gasteiger partial charge in [-0.25, -0.2) is 4.98 Å². The van der Waals surface area contributed by atoms with Crippen molar-refractivity contribution < 1.29 is 14.3 Å². The van der Waals surface area contributed by atoms with E-state index < -0.39 is 0 Å². The zero-order chi connectivity index (χ0) is 19.3. The van der Waals surface area contributed by atoms with Gasteiger partial charge < -0.3 is 10.1 Å². The number of carbonyl (C=O) groups excluding carboxylic acids is 2. The summed E-state index contributed by atoms with van der Waals surface area (Å²) in [5.74, 6) is -0.797. The Hall–Kier alpha value is -2.73. The minimum atomic E-state index is -0.327. The lowest BCUT2D eigenvalue weighted by molar-refractivity contribution is -0.153. The molecular weight excluding hydrogens is 372 g/mol. The molecule has 0 spiro atoms. The normalized spacial score (nSPS) is 19.3. The van der Waals surface area contributed by atoms with Gasteiger partial charge in [0, 0.05) is 11.6 Å². The summed E-state index contributed by atoms with van der Waals surface area (Å²) in [6.45, 7) is -0.267. The monoisotopic (exact) mass is 394 g/mol. The van der Waals surface area contributed by atoms with Crippen molar-refractivity contribution in [2.24, 2.45) is 5.92 Å². The minimum Gasteiger partial charge on any atom is -0.455 e. The number of para-hydroxylation sites is 2. The van der Waals surface area contributed by atoms with Crippen LogP contribution in [0.3, 0.4) is 0 Å². The van der Waals surface area contributed by atoms with Gasteiger partial charge in [0.15, 0.2) is 6.61 Å². The first-order valence-electron chi connectivity index (χ1n) is 9.58. The van der Waals surface area contributed by atoms with Gasteiger partial charge in [0.05, 0.1) is 21.1 Å². The highest BCUT2D eigenvalue weighted by molar-refractivity contribution is 7.18. The molecule has 144 valence electrons. The van der Waals surface area contributed by atoms with Crippen molar-refractivity contribution in [2.45, 2.75) is 31.6 Å². The van der Waals surface area contributed by atoms with Gasteiger partial charge in [0.1, 0.15) is 0 Å². The SMILES string of the molecule is O=C(COC(=O)[C@@H]1CCCC[C@@H]1c1nc2ccccc2s1)Nc1ccccc1. The number of benzene rings is 2. The molecule has 1 aliphatic carbocycles. The van der Waals surface area contributed by atoms with Crippen LogP contribution in [0.5, 0.6) is 0 Å². The molecular formula is C22H22N2O3S. The van der Waals surface area contributed by atoms with Crippen LogP contribution in [0.2, 0.25) is 0 Å². The Labute approximate surface area is 167 Å². The number of nitrogens with one attached hydrogen (secondary N) is 1. The third-order valence-corrected chi connectivity index (χ3v) is 6.27. The lowest BCUT2D eigenvalue weighted by atomic mass is 9.79. The minimum absolute atomic E-state index is 0.0656.